The van der Waals surface area contributed by atoms with Gasteiger partial charge in [-0.15, -0.1) is 11.8 Å². The van der Waals surface area contributed by atoms with Crippen molar-refractivity contribution in [3.63, 3.8) is 0 Å². The third-order valence-electron chi connectivity index (χ3n) is 4.62. The van der Waals surface area contributed by atoms with Gasteiger partial charge in [-0.3, -0.25) is 0 Å². The third-order valence-corrected chi connectivity index (χ3v) is 5.28. The highest BCUT2D eigenvalue weighted by atomic mass is 32.2. The second-order valence-corrected chi connectivity index (χ2v) is 7.17. The van der Waals surface area contributed by atoms with Crippen molar-refractivity contribution in [1.82, 2.24) is 14.5 Å². The van der Waals surface area contributed by atoms with E-state index in [1.165, 1.54) is 0 Å². The molecule has 0 atom stereocenters. The van der Waals surface area contributed by atoms with Gasteiger partial charge in [0.1, 0.15) is 11.6 Å². The summed E-state index contributed by atoms with van der Waals surface area (Å²) in [6.07, 6.45) is 5.81. The maximum Gasteiger partial charge on any atom is 0.133 e. The van der Waals surface area contributed by atoms with E-state index in [1.54, 1.807) is 24.0 Å². The second-order valence-electron chi connectivity index (χ2n) is 6.35. The van der Waals surface area contributed by atoms with Crippen molar-refractivity contribution < 1.29 is 4.39 Å². The standard InChI is InChI=1S/C16H14FN3S.C6H6/c1-21-16-5-4-10(9-18-16)11-7-14-13(8-12(11)17)19-15-3-2-6-20(14)15;1-2-4-6-5-3-1/h4-5,7-9H,2-3,6H2,1H3;1-6H. The first-order valence-electron chi connectivity index (χ1n) is 8.95. The van der Waals surface area contributed by atoms with E-state index in [9.17, 15) is 4.39 Å². The molecule has 1 aliphatic rings. The lowest BCUT2D eigenvalue weighted by Gasteiger charge is -2.06. The number of thioether (sulfide) groups is 1. The number of hydrogen-bond acceptors (Lipinski definition) is 3. The van der Waals surface area contributed by atoms with Gasteiger partial charge in [0.15, 0.2) is 0 Å². The Kier molecular flexibility index (Phi) is 5.21. The van der Waals surface area contributed by atoms with Gasteiger partial charge < -0.3 is 4.57 Å². The number of aryl methyl sites for hydroxylation is 2. The van der Waals surface area contributed by atoms with Crippen molar-refractivity contribution in [2.75, 3.05) is 6.26 Å². The molecule has 5 rings (SSSR count). The van der Waals surface area contributed by atoms with Crippen molar-refractivity contribution in [1.29, 1.82) is 0 Å². The van der Waals surface area contributed by atoms with Crippen molar-refractivity contribution >= 4 is 22.8 Å². The molecule has 0 spiro atoms. The number of rotatable bonds is 2. The lowest BCUT2D eigenvalue weighted by molar-refractivity contribution is 0.632. The molecule has 3 heterocycles. The van der Waals surface area contributed by atoms with Crippen LogP contribution < -0.4 is 0 Å². The van der Waals surface area contributed by atoms with Crippen LogP contribution in [0, 0.1) is 5.82 Å². The average Bonchev–Trinajstić information content (AvgIpc) is 3.30. The van der Waals surface area contributed by atoms with E-state index < -0.39 is 0 Å². The summed E-state index contributed by atoms with van der Waals surface area (Å²) >= 11 is 1.58. The first-order chi connectivity index (χ1) is 13.3. The Labute approximate surface area is 162 Å². The number of fused-ring (bicyclic) bond motifs is 3. The third kappa shape index (κ3) is 3.74. The zero-order valence-electron chi connectivity index (χ0n) is 15.1. The van der Waals surface area contributed by atoms with Gasteiger partial charge >= 0.3 is 0 Å². The monoisotopic (exact) mass is 377 g/mol. The molecule has 0 fully saturated rings. The summed E-state index contributed by atoms with van der Waals surface area (Å²) in [5.74, 6) is 0.829. The van der Waals surface area contributed by atoms with Crippen LogP contribution in [0.4, 0.5) is 4.39 Å². The number of benzene rings is 2. The highest BCUT2D eigenvalue weighted by Crippen LogP contribution is 2.30. The fourth-order valence-corrected chi connectivity index (χ4v) is 3.66. The zero-order valence-corrected chi connectivity index (χ0v) is 15.9. The van der Waals surface area contributed by atoms with Gasteiger partial charge in [-0.05, 0) is 24.8 Å². The molecular weight excluding hydrogens is 357 g/mol. The molecule has 0 radical (unpaired) electrons. The minimum atomic E-state index is -0.238. The van der Waals surface area contributed by atoms with E-state index in [4.69, 9.17) is 0 Å². The van der Waals surface area contributed by atoms with Crippen molar-refractivity contribution in [2.24, 2.45) is 0 Å². The summed E-state index contributed by atoms with van der Waals surface area (Å²) in [7, 11) is 0. The Morgan fingerprint density at radius 1 is 1.04 bits per heavy atom. The van der Waals surface area contributed by atoms with Gasteiger partial charge in [-0.2, -0.15) is 0 Å². The van der Waals surface area contributed by atoms with Crippen LogP contribution in [-0.2, 0) is 13.0 Å². The lowest BCUT2D eigenvalue weighted by Crippen LogP contribution is -1.93. The van der Waals surface area contributed by atoms with Crippen LogP contribution in [-0.4, -0.2) is 20.8 Å². The summed E-state index contributed by atoms with van der Waals surface area (Å²) in [4.78, 5) is 8.85. The van der Waals surface area contributed by atoms with E-state index >= 15 is 0 Å². The van der Waals surface area contributed by atoms with Gasteiger partial charge in [0.05, 0.1) is 16.1 Å². The summed E-state index contributed by atoms with van der Waals surface area (Å²) in [6.45, 7) is 0.973. The predicted octanol–water partition coefficient (Wildman–Crippen LogP) is 5.59. The molecule has 0 bridgehead atoms. The molecule has 0 aliphatic carbocycles. The molecule has 0 N–H and O–H groups in total. The number of aromatic nitrogens is 3. The van der Waals surface area contributed by atoms with Gasteiger partial charge in [0.2, 0.25) is 0 Å². The van der Waals surface area contributed by atoms with E-state index in [-0.39, 0.29) is 5.82 Å². The topological polar surface area (TPSA) is 30.7 Å². The van der Waals surface area contributed by atoms with Crippen molar-refractivity contribution in [3.05, 3.63) is 78.5 Å². The van der Waals surface area contributed by atoms with Crippen molar-refractivity contribution in [2.45, 2.75) is 24.4 Å². The number of pyridine rings is 1. The SMILES string of the molecule is CSc1ccc(-c2cc3c(cc2F)nc2n3CCC2)cn1.c1ccccc1. The highest BCUT2D eigenvalue weighted by molar-refractivity contribution is 7.98. The maximum absolute atomic E-state index is 14.4. The predicted molar refractivity (Wildman–Crippen MR) is 109 cm³/mol. The van der Waals surface area contributed by atoms with E-state index in [1.807, 2.05) is 60.9 Å². The molecule has 4 aromatic rings. The Morgan fingerprint density at radius 2 is 1.78 bits per heavy atom. The number of imidazole rings is 1. The molecule has 0 saturated carbocycles. The number of hydrogen-bond donors (Lipinski definition) is 0. The Morgan fingerprint density at radius 3 is 2.41 bits per heavy atom. The van der Waals surface area contributed by atoms with Crippen LogP contribution in [0.3, 0.4) is 0 Å². The van der Waals surface area contributed by atoms with E-state index in [0.717, 1.165) is 46.8 Å². The van der Waals surface area contributed by atoms with Crippen LogP contribution in [0.1, 0.15) is 12.2 Å². The first kappa shape index (κ1) is 17.7. The Hall–Kier alpha value is -2.66. The molecular formula is C22H20FN3S. The summed E-state index contributed by atoms with van der Waals surface area (Å²) in [5.41, 5.74) is 3.17. The van der Waals surface area contributed by atoms with Crippen LogP contribution in [0.5, 0.6) is 0 Å². The normalized spacial score (nSPS) is 12.5. The molecule has 0 unspecified atom stereocenters. The number of halogens is 1. The Bertz CT molecular complexity index is 1020. The highest BCUT2D eigenvalue weighted by Gasteiger charge is 2.18. The average molecular weight is 377 g/mol. The van der Waals surface area contributed by atoms with E-state index in [2.05, 4.69) is 14.5 Å². The molecule has 1 aliphatic heterocycles. The smallest absolute Gasteiger partial charge is 0.133 e. The Balaban J connectivity index is 0.000000257. The fraction of sp³-hybridized carbons (Fsp3) is 0.182. The molecule has 3 nitrogen and oxygen atoms in total. The van der Waals surface area contributed by atoms with Crippen LogP contribution >= 0.6 is 11.8 Å². The zero-order chi connectivity index (χ0) is 18.6. The second kappa shape index (κ2) is 7.92. The molecule has 2 aromatic carbocycles. The summed E-state index contributed by atoms with van der Waals surface area (Å²) < 4.78 is 16.6. The lowest BCUT2D eigenvalue weighted by atomic mass is 10.1. The molecule has 27 heavy (non-hydrogen) atoms. The minimum Gasteiger partial charge on any atom is -0.328 e. The first-order valence-corrected chi connectivity index (χ1v) is 10.2. The van der Waals surface area contributed by atoms with Crippen LogP contribution in [0.25, 0.3) is 22.2 Å². The number of nitrogens with zero attached hydrogens (tertiary/aromatic N) is 3. The van der Waals surface area contributed by atoms with Gasteiger partial charge in [0.25, 0.3) is 0 Å². The molecule has 5 heteroatoms. The van der Waals surface area contributed by atoms with Gasteiger partial charge in [0, 0.05) is 36.4 Å². The van der Waals surface area contributed by atoms with E-state index in [0.29, 0.717) is 5.56 Å². The summed E-state index contributed by atoms with van der Waals surface area (Å²) in [5, 5.41) is 0.936. The molecule has 136 valence electrons. The summed E-state index contributed by atoms with van der Waals surface area (Å²) in [6, 6.07) is 19.3. The van der Waals surface area contributed by atoms with Gasteiger partial charge in [-0.25, -0.2) is 14.4 Å². The largest absolute Gasteiger partial charge is 0.328 e. The van der Waals surface area contributed by atoms with Crippen molar-refractivity contribution in [3.8, 4) is 11.1 Å². The van der Waals surface area contributed by atoms with Crippen LogP contribution in [0.2, 0.25) is 0 Å². The molecule has 2 aromatic heterocycles. The van der Waals surface area contributed by atoms with Crippen LogP contribution in [0.15, 0.2) is 71.9 Å². The molecule has 0 saturated heterocycles. The fourth-order valence-electron chi connectivity index (χ4n) is 3.30. The minimum absolute atomic E-state index is 0.238. The molecule has 0 amide bonds. The maximum atomic E-state index is 14.4. The quantitative estimate of drug-likeness (QED) is 0.427. The van der Waals surface area contributed by atoms with Gasteiger partial charge in [-0.1, -0.05) is 42.5 Å².